The van der Waals surface area contributed by atoms with E-state index in [0.29, 0.717) is 12.2 Å². The molecule has 1 saturated carbocycles. The minimum atomic E-state index is -1.26. The van der Waals surface area contributed by atoms with Gasteiger partial charge in [0.1, 0.15) is 0 Å². The summed E-state index contributed by atoms with van der Waals surface area (Å²) in [5.74, 6) is -0.768. The van der Waals surface area contributed by atoms with E-state index in [-0.39, 0.29) is 5.91 Å². The number of rotatable bonds is 4. The summed E-state index contributed by atoms with van der Waals surface area (Å²) < 4.78 is 0. The third-order valence-corrected chi connectivity index (χ3v) is 4.24. The van der Waals surface area contributed by atoms with Crippen molar-refractivity contribution in [3.05, 3.63) is 42.0 Å². The largest absolute Gasteiger partial charge is 0.478 e. The van der Waals surface area contributed by atoms with E-state index in [2.05, 4.69) is 9.89 Å². The van der Waals surface area contributed by atoms with Gasteiger partial charge in [-0.25, -0.2) is 9.59 Å². The van der Waals surface area contributed by atoms with Gasteiger partial charge >= 0.3 is 11.9 Å². The minimum Gasteiger partial charge on any atom is -0.478 e. The number of carbonyl (C=O) groups excluding carboxylic acids is 1. The quantitative estimate of drug-likeness (QED) is 0.789. The summed E-state index contributed by atoms with van der Waals surface area (Å²) in [4.78, 5) is 40.0. The average Bonchev–Trinajstić information content (AvgIpc) is 3.30. The molecule has 2 aliphatic heterocycles. The Labute approximate surface area is 150 Å². The number of hydrogen-bond acceptors (Lipinski definition) is 5. The molecule has 0 atom stereocenters. The van der Waals surface area contributed by atoms with Crippen molar-refractivity contribution in [3.63, 3.8) is 0 Å². The smallest absolute Gasteiger partial charge is 0.328 e. The van der Waals surface area contributed by atoms with Crippen molar-refractivity contribution in [1.82, 2.24) is 4.90 Å². The van der Waals surface area contributed by atoms with Crippen LogP contribution in [-0.4, -0.2) is 58.6 Å². The first-order valence-electron chi connectivity index (χ1n) is 8.34. The number of fused-ring (bicyclic) bond motifs is 2. The van der Waals surface area contributed by atoms with E-state index in [4.69, 9.17) is 10.2 Å². The van der Waals surface area contributed by atoms with Crippen LogP contribution in [0.1, 0.15) is 23.2 Å². The lowest BCUT2D eigenvalue weighted by atomic mass is 10.1. The number of carboxylic acids is 2. The second-order valence-corrected chi connectivity index (χ2v) is 6.22. The zero-order valence-electron chi connectivity index (χ0n) is 14.0. The Hall–Kier alpha value is -3.16. The van der Waals surface area contributed by atoms with Crippen LogP contribution in [0.2, 0.25) is 0 Å². The first kappa shape index (κ1) is 17.7. The molecule has 1 aromatic rings. The van der Waals surface area contributed by atoms with E-state index < -0.39 is 11.9 Å². The Morgan fingerprint density at radius 2 is 1.81 bits per heavy atom. The number of aliphatic imine (C=N–C) groups is 1. The number of carbonyl (C=O) groups is 3. The number of para-hydroxylation sites is 1. The van der Waals surface area contributed by atoms with Gasteiger partial charge in [0.05, 0.1) is 17.8 Å². The van der Waals surface area contributed by atoms with Gasteiger partial charge in [-0.2, -0.15) is 0 Å². The molecule has 1 aromatic carbocycles. The number of amides is 1. The van der Waals surface area contributed by atoms with Gasteiger partial charge < -0.3 is 15.1 Å². The van der Waals surface area contributed by atoms with Crippen LogP contribution in [0.5, 0.6) is 0 Å². The van der Waals surface area contributed by atoms with Crippen LogP contribution in [0.3, 0.4) is 0 Å². The first-order chi connectivity index (χ1) is 12.5. The predicted molar refractivity (Wildman–Crippen MR) is 94.3 cm³/mol. The lowest BCUT2D eigenvalue weighted by Crippen LogP contribution is -2.50. The van der Waals surface area contributed by atoms with Crippen molar-refractivity contribution in [2.45, 2.75) is 12.8 Å². The molecular formula is C18H19N3O5. The molecule has 2 N–H and O–H groups in total. The summed E-state index contributed by atoms with van der Waals surface area (Å²) in [6.07, 6.45) is 3.73. The molecule has 1 fully saturated rings. The topological polar surface area (TPSA) is 111 Å². The molecule has 136 valence electrons. The predicted octanol–water partition coefficient (Wildman–Crippen LogP) is 1.44. The highest BCUT2D eigenvalue weighted by molar-refractivity contribution is 6.19. The molecule has 0 aromatic heterocycles. The van der Waals surface area contributed by atoms with E-state index in [1.807, 2.05) is 29.2 Å². The van der Waals surface area contributed by atoms with Crippen LogP contribution in [0.25, 0.3) is 0 Å². The van der Waals surface area contributed by atoms with E-state index >= 15 is 0 Å². The fourth-order valence-electron chi connectivity index (χ4n) is 2.88. The maximum atomic E-state index is 12.4. The highest BCUT2D eigenvalue weighted by Gasteiger charge is 2.39. The zero-order chi connectivity index (χ0) is 18.7. The van der Waals surface area contributed by atoms with Crippen molar-refractivity contribution in [3.8, 4) is 0 Å². The summed E-state index contributed by atoms with van der Waals surface area (Å²) in [6, 6.07) is 7.89. The molecule has 2 heterocycles. The Morgan fingerprint density at radius 1 is 1.15 bits per heavy atom. The van der Waals surface area contributed by atoms with Crippen LogP contribution >= 0.6 is 0 Å². The maximum absolute atomic E-state index is 12.4. The lowest BCUT2D eigenvalue weighted by molar-refractivity contribution is -0.134. The molecule has 26 heavy (non-hydrogen) atoms. The minimum absolute atomic E-state index is 0.105. The molecule has 3 aliphatic rings. The fraction of sp³-hybridized carbons (Fsp3) is 0.333. The van der Waals surface area contributed by atoms with Crippen LogP contribution < -0.4 is 4.90 Å². The molecule has 1 amide bonds. The van der Waals surface area contributed by atoms with Crippen molar-refractivity contribution >= 4 is 29.5 Å². The van der Waals surface area contributed by atoms with Crippen molar-refractivity contribution in [1.29, 1.82) is 0 Å². The molecule has 0 unspecified atom stereocenters. The summed E-state index contributed by atoms with van der Waals surface area (Å²) in [6.45, 7) is 2.46. The number of guanidine groups is 1. The van der Waals surface area contributed by atoms with Gasteiger partial charge in [-0.3, -0.25) is 14.7 Å². The summed E-state index contributed by atoms with van der Waals surface area (Å²) in [5, 5.41) is 15.6. The van der Waals surface area contributed by atoms with Gasteiger partial charge in [-0.05, 0) is 30.9 Å². The highest BCUT2D eigenvalue weighted by atomic mass is 16.4. The fourth-order valence-corrected chi connectivity index (χ4v) is 2.88. The summed E-state index contributed by atoms with van der Waals surface area (Å²) >= 11 is 0. The SMILES string of the molecule is O=C(O)/C=C\C(=O)O.O=C1c2ccccc2N(CC2CC2)C2=NCCN12. The van der Waals surface area contributed by atoms with Crippen LogP contribution in [0.4, 0.5) is 5.69 Å². The van der Waals surface area contributed by atoms with Gasteiger partial charge in [-0.1, -0.05) is 12.1 Å². The number of nitrogens with zero attached hydrogens (tertiary/aromatic N) is 3. The molecule has 1 aliphatic carbocycles. The standard InChI is InChI=1S/C14H15N3O.C4H4O4/c18-13-11-3-1-2-4-12(11)17(9-10-5-6-10)14-15-7-8-16(13)14;5-3(6)1-2-4(7)8/h1-4,10H,5-9H2;1-2H,(H,5,6)(H,7,8)/b;2-1-. The molecule has 0 saturated heterocycles. The summed E-state index contributed by atoms with van der Waals surface area (Å²) in [5.41, 5.74) is 1.85. The molecule has 0 bridgehead atoms. The lowest BCUT2D eigenvalue weighted by Gasteiger charge is -2.36. The van der Waals surface area contributed by atoms with E-state index in [1.54, 1.807) is 0 Å². The van der Waals surface area contributed by atoms with Gasteiger partial charge in [0, 0.05) is 25.2 Å². The van der Waals surface area contributed by atoms with E-state index in [0.717, 1.165) is 42.8 Å². The Morgan fingerprint density at radius 3 is 2.42 bits per heavy atom. The van der Waals surface area contributed by atoms with Crippen molar-refractivity contribution < 1.29 is 24.6 Å². The molecule has 4 rings (SSSR count). The van der Waals surface area contributed by atoms with Gasteiger partial charge in [0.25, 0.3) is 5.91 Å². The third-order valence-electron chi connectivity index (χ3n) is 4.24. The number of hydrogen-bond donors (Lipinski definition) is 2. The second-order valence-electron chi connectivity index (χ2n) is 6.22. The molecule has 0 radical (unpaired) electrons. The second kappa shape index (κ2) is 7.38. The molecular weight excluding hydrogens is 338 g/mol. The Kier molecular flexibility index (Phi) is 5.01. The number of benzene rings is 1. The number of carboxylic acid groups (broad SMARTS) is 2. The van der Waals surface area contributed by atoms with Crippen LogP contribution in [0, 0.1) is 5.92 Å². The van der Waals surface area contributed by atoms with Crippen molar-refractivity contribution in [2.75, 3.05) is 24.5 Å². The maximum Gasteiger partial charge on any atom is 0.328 e. The number of anilines is 1. The van der Waals surface area contributed by atoms with Gasteiger partial charge in [0.2, 0.25) is 5.96 Å². The zero-order valence-corrected chi connectivity index (χ0v) is 14.0. The normalized spacial score (nSPS) is 18.0. The first-order valence-corrected chi connectivity index (χ1v) is 8.34. The highest BCUT2D eigenvalue weighted by Crippen LogP contribution is 2.36. The van der Waals surface area contributed by atoms with Gasteiger partial charge in [-0.15, -0.1) is 0 Å². The Balaban J connectivity index is 0.000000211. The summed E-state index contributed by atoms with van der Waals surface area (Å²) in [7, 11) is 0. The average molecular weight is 357 g/mol. The molecule has 0 spiro atoms. The van der Waals surface area contributed by atoms with Crippen LogP contribution in [0.15, 0.2) is 41.4 Å². The molecule has 8 nitrogen and oxygen atoms in total. The number of aliphatic carboxylic acids is 2. The van der Waals surface area contributed by atoms with Gasteiger partial charge in [0.15, 0.2) is 0 Å². The van der Waals surface area contributed by atoms with E-state index in [9.17, 15) is 14.4 Å². The monoisotopic (exact) mass is 357 g/mol. The third kappa shape index (κ3) is 3.90. The Bertz CT molecular complexity index is 782. The molecule has 8 heteroatoms. The van der Waals surface area contributed by atoms with Crippen LogP contribution in [-0.2, 0) is 9.59 Å². The van der Waals surface area contributed by atoms with E-state index in [1.165, 1.54) is 12.8 Å². The van der Waals surface area contributed by atoms with Crippen molar-refractivity contribution in [2.24, 2.45) is 10.9 Å².